The number of carbonyl (C=O) groups excluding carboxylic acids is 2. The minimum Gasteiger partial charge on any atom is -0.477 e. The number of carbonyl (C=O) groups is 3. The molecule has 9 heteroatoms. The van der Waals surface area contributed by atoms with E-state index in [1.54, 1.807) is 0 Å². The highest BCUT2D eigenvalue weighted by Gasteiger charge is 2.33. The lowest BCUT2D eigenvalue weighted by Crippen LogP contribution is -2.25. The molecule has 0 aliphatic carbocycles. The highest BCUT2D eigenvalue weighted by Crippen LogP contribution is 2.31. The van der Waals surface area contributed by atoms with Crippen LogP contribution in [0.3, 0.4) is 0 Å². The normalized spacial score (nSPS) is 17.6. The molecule has 0 bridgehead atoms. The number of anilines is 1. The molecule has 0 radical (unpaired) electrons. The van der Waals surface area contributed by atoms with Crippen LogP contribution in [-0.4, -0.2) is 38.8 Å². The zero-order valence-electron chi connectivity index (χ0n) is 11.5. The van der Waals surface area contributed by atoms with Gasteiger partial charge in [-0.05, 0) is 12.1 Å². The van der Waals surface area contributed by atoms with Gasteiger partial charge in [0.15, 0.2) is 5.12 Å². The SMILES string of the molecule is CC(=O)SC1CC(=O)N(c2ccc([N+](=O)[O-])c(C(=O)O)c2)C1. The quantitative estimate of drug-likeness (QED) is 0.661. The van der Waals surface area contributed by atoms with Crippen LogP contribution in [0.4, 0.5) is 11.4 Å². The van der Waals surface area contributed by atoms with E-state index in [1.807, 2.05) is 0 Å². The standard InChI is InChI=1S/C13H12N2O6S/c1-7(16)22-9-5-12(17)14(6-9)8-2-3-11(15(20)21)10(4-8)13(18)19/h2-4,9H,5-6H2,1H3,(H,18,19). The maximum absolute atomic E-state index is 12.0. The Morgan fingerprint density at radius 1 is 1.45 bits per heavy atom. The predicted octanol–water partition coefficient (Wildman–Crippen LogP) is 1.68. The van der Waals surface area contributed by atoms with Crippen molar-refractivity contribution in [3.63, 3.8) is 0 Å². The van der Waals surface area contributed by atoms with Crippen molar-refractivity contribution >= 4 is 40.1 Å². The zero-order chi connectivity index (χ0) is 16.4. The second kappa shape index (κ2) is 6.14. The first-order valence-electron chi connectivity index (χ1n) is 6.29. The number of carboxylic acid groups (broad SMARTS) is 1. The van der Waals surface area contributed by atoms with Crippen molar-refractivity contribution in [1.29, 1.82) is 0 Å². The summed E-state index contributed by atoms with van der Waals surface area (Å²) in [6.45, 7) is 1.67. The van der Waals surface area contributed by atoms with Gasteiger partial charge < -0.3 is 10.0 Å². The molecule has 1 atom stereocenters. The van der Waals surface area contributed by atoms with Crippen LogP contribution < -0.4 is 4.90 Å². The molecule has 0 spiro atoms. The number of nitro benzene ring substituents is 1. The minimum atomic E-state index is -1.44. The summed E-state index contributed by atoms with van der Waals surface area (Å²) in [6, 6.07) is 3.51. The maximum atomic E-state index is 12.0. The first-order chi connectivity index (χ1) is 10.3. The van der Waals surface area contributed by atoms with Crippen LogP contribution in [0, 0.1) is 10.1 Å². The van der Waals surface area contributed by atoms with Gasteiger partial charge in [-0.25, -0.2) is 4.79 Å². The molecule has 116 valence electrons. The van der Waals surface area contributed by atoms with Crippen LogP contribution in [0.5, 0.6) is 0 Å². The summed E-state index contributed by atoms with van der Waals surface area (Å²) in [5, 5.41) is 19.6. The Morgan fingerprint density at radius 2 is 2.14 bits per heavy atom. The highest BCUT2D eigenvalue weighted by molar-refractivity contribution is 8.14. The van der Waals surface area contributed by atoms with E-state index in [-0.39, 0.29) is 34.9 Å². The summed E-state index contributed by atoms with van der Waals surface area (Å²) in [4.78, 5) is 45.6. The molecule has 1 N–H and O–H groups in total. The fraction of sp³-hybridized carbons (Fsp3) is 0.308. The molecule has 0 aromatic heterocycles. The lowest BCUT2D eigenvalue weighted by atomic mass is 10.1. The Balaban J connectivity index is 2.31. The van der Waals surface area contributed by atoms with E-state index in [2.05, 4.69) is 0 Å². The lowest BCUT2D eigenvalue weighted by Gasteiger charge is -2.16. The molecule has 8 nitrogen and oxygen atoms in total. The van der Waals surface area contributed by atoms with Crippen molar-refractivity contribution in [2.75, 3.05) is 11.4 Å². The third-order valence-electron chi connectivity index (χ3n) is 3.14. The van der Waals surface area contributed by atoms with E-state index < -0.39 is 22.1 Å². The number of thioether (sulfide) groups is 1. The van der Waals surface area contributed by atoms with Crippen molar-refractivity contribution in [1.82, 2.24) is 0 Å². The summed E-state index contributed by atoms with van der Waals surface area (Å²) in [5.41, 5.74) is -0.727. The second-order valence-electron chi connectivity index (χ2n) is 4.70. The first kappa shape index (κ1) is 16.0. The van der Waals surface area contributed by atoms with E-state index >= 15 is 0 Å². The van der Waals surface area contributed by atoms with E-state index in [4.69, 9.17) is 5.11 Å². The van der Waals surface area contributed by atoms with Crippen molar-refractivity contribution in [3.05, 3.63) is 33.9 Å². The van der Waals surface area contributed by atoms with E-state index in [0.717, 1.165) is 23.9 Å². The molecule has 2 rings (SSSR count). The third kappa shape index (κ3) is 3.25. The van der Waals surface area contributed by atoms with Gasteiger partial charge in [-0.1, -0.05) is 11.8 Å². The smallest absolute Gasteiger partial charge is 0.342 e. The molecule has 1 saturated heterocycles. The van der Waals surface area contributed by atoms with Crippen LogP contribution in [0.1, 0.15) is 23.7 Å². The fourth-order valence-electron chi connectivity index (χ4n) is 2.26. The summed E-state index contributed by atoms with van der Waals surface area (Å²) in [6.07, 6.45) is 0.170. The van der Waals surface area contributed by atoms with Crippen LogP contribution in [0.25, 0.3) is 0 Å². The number of rotatable bonds is 4. The van der Waals surface area contributed by atoms with Crippen molar-refractivity contribution in [2.24, 2.45) is 0 Å². The summed E-state index contributed by atoms with van der Waals surface area (Å²) in [7, 11) is 0. The number of hydrogen-bond acceptors (Lipinski definition) is 6. The predicted molar refractivity (Wildman–Crippen MR) is 79.1 cm³/mol. The molecule has 1 aromatic carbocycles. The van der Waals surface area contributed by atoms with Gasteiger partial charge in [-0.2, -0.15) is 0 Å². The Hall–Kier alpha value is -2.42. The van der Waals surface area contributed by atoms with E-state index in [0.29, 0.717) is 0 Å². The fourth-order valence-corrected chi connectivity index (χ4v) is 3.18. The highest BCUT2D eigenvalue weighted by atomic mass is 32.2. The van der Waals surface area contributed by atoms with Gasteiger partial charge in [0.25, 0.3) is 5.69 Å². The lowest BCUT2D eigenvalue weighted by molar-refractivity contribution is -0.385. The topological polar surface area (TPSA) is 118 Å². The van der Waals surface area contributed by atoms with Gasteiger partial charge in [0.2, 0.25) is 5.91 Å². The average molecular weight is 324 g/mol. The Labute approximate surface area is 129 Å². The van der Waals surface area contributed by atoms with Crippen LogP contribution in [-0.2, 0) is 9.59 Å². The monoisotopic (exact) mass is 324 g/mol. The molecule has 1 amide bonds. The summed E-state index contributed by atoms with van der Waals surface area (Å²) < 4.78 is 0. The van der Waals surface area contributed by atoms with Crippen LogP contribution >= 0.6 is 11.8 Å². The Bertz CT molecular complexity index is 674. The zero-order valence-corrected chi connectivity index (χ0v) is 12.3. The maximum Gasteiger partial charge on any atom is 0.342 e. The average Bonchev–Trinajstić information content (AvgIpc) is 2.77. The Morgan fingerprint density at radius 3 is 2.68 bits per heavy atom. The number of carboxylic acids is 1. The van der Waals surface area contributed by atoms with E-state index in [9.17, 15) is 24.5 Å². The molecule has 1 aliphatic heterocycles. The van der Waals surface area contributed by atoms with Crippen molar-refractivity contribution < 1.29 is 24.4 Å². The summed E-state index contributed by atoms with van der Waals surface area (Å²) >= 11 is 1.06. The van der Waals surface area contributed by atoms with Crippen LogP contribution in [0.15, 0.2) is 18.2 Å². The molecule has 1 unspecified atom stereocenters. The number of benzene rings is 1. The van der Waals surface area contributed by atoms with Gasteiger partial charge in [0, 0.05) is 36.9 Å². The number of nitro groups is 1. The van der Waals surface area contributed by atoms with Gasteiger partial charge >= 0.3 is 5.97 Å². The second-order valence-corrected chi connectivity index (χ2v) is 6.18. The van der Waals surface area contributed by atoms with Gasteiger partial charge in [-0.3, -0.25) is 19.7 Å². The number of aromatic carboxylic acids is 1. The third-order valence-corrected chi connectivity index (χ3v) is 4.12. The molecule has 0 saturated carbocycles. The number of hydrogen-bond donors (Lipinski definition) is 1. The molecule has 1 heterocycles. The van der Waals surface area contributed by atoms with Crippen molar-refractivity contribution in [3.8, 4) is 0 Å². The van der Waals surface area contributed by atoms with Gasteiger partial charge in [0.1, 0.15) is 5.56 Å². The number of nitrogens with zero attached hydrogens (tertiary/aromatic N) is 2. The first-order valence-corrected chi connectivity index (χ1v) is 7.17. The number of amides is 1. The molecule has 1 aliphatic rings. The largest absolute Gasteiger partial charge is 0.477 e. The molecule has 22 heavy (non-hydrogen) atoms. The summed E-state index contributed by atoms with van der Waals surface area (Å²) in [5.74, 6) is -1.68. The molecular weight excluding hydrogens is 312 g/mol. The Kier molecular flexibility index (Phi) is 4.45. The van der Waals surface area contributed by atoms with Gasteiger partial charge in [-0.15, -0.1) is 0 Å². The molecule has 1 aromatic rings. The van der Waals surface area contributed by atoms with E-state index in [1.165, 1.54) is 17.9 Å². The van der Waals surface area contributed by atoms with Gasteiger partial charge in [0.05, 0.1) is 4.92 Å². The van der Waals surface area contributed by atoms with Crippen LogP contribution in [0.2, 0.25) is 0 Å². The molecule has 1 fully saturated rings. The molecular formula is C13H12N2O6S. The van der Waals surface area contributed by atoms with Crippen molar-refractivity contribution in [2.45, 2.75) is 18.6 Å². The minimum absolute atomic E-state index is 0.102.